The maximum atomic E-state index is 12.1. The third-order valence-electron chi connectivity index (χ3n) is 5.37. The number of esters is 1. The Labute approximate surface area is 178 Å². The molecule has 3 rings (SSSR count). The van der Waals surface area contributed by atoms with Crippen molar-refractivity contribution >= 4 is 42.8 Å². The van der Waals surface area contributed by atoms with Gasteiger partial charge in [0.1, 0.15) is 0 Å². The van der Waals surface area contributed by atoms with E-state index < -0.39 is 0 Å². The fourth-order valence-corrected chi connectivity index (χ4v) is 3.79. The Morgan fingerprint density at radius 3 is 2.50 bits per heavy atom. The lowest BCUT2D eigenvalue weighted by Crippen LogP contribution is -2.38. The summed E-state index contributed by atoms with van der Waals surface area (Å²) in [6.07, 6.45) is 12.5. The number of rotatable bonds is 5. The summed E-state index contributed by atoms with van der Waals surface area (Å²) in [4.78, 5) is 28.0. The molecule has 2 fully saturated rings. The number of ether oxygens (including phenoxy) is 1. The molecule has 1 amide bonds. The van der Waals surface area contributed by atoms with Gasteiger partial charge in [-0.15, -0.1) is 24.8 Å². The summed E-state index contributed by atoms with van der Waals surface area (Å²) >= 11 is 0. The molecule has 0 spiro atoms. The summed E-state index contributed by atoms with van der Waals surface area (Å²) in [5, 5.41) is 6.37. The highest BCUT2D eigenvalue weighted by atomic mass is 35.5. The van der Waals surface area contributed by atoms with Crippen LogP contribution >= 0.6 is 24.8 Å². The van der Waals surface area contributed by atoms with Crippen LogP contribution in [0.4, 0.5) is 0 Å². The number of aromatic nitrogens is 2. The monoisotopic (exact) mass is 432 g/mol. The molecule has 158 valence electrons. The molecule has 0 radical (unpaired) electrons. The van der Waals surface area contributed by atoms with Crippen molar-refractivity contribution in [2.24, 2.45) is 5.92 Å². The first-order valence-electron chi connectivity index (χ1n) is 9.46. The molecule has 28 heavy (non-hydrogen) atoms. The number of nitrogens with zero attached hydrogens (tertiary/aromatic N) is 2. The zero-order valence-electron chi connectivity index (χ0n) is 16.1. The van der Waals surface area contributed by atoms with E-state index in [2.05, 4.69) is 20.2 Å². The van der Waals surface area contributed by atoms with Gasteiger partial charge in [-0.3, -0.25) is 9.59 Å². The molecule has 1 aromatic heterocycles. The van der Waals surface area contributed by atoms with Gasteiger partial charge in [0, 0.05) is 24.4 Å². The lowest BCUT2D eigenvalue weighted by Gasteiger charge is -2.27. The van der Waals surface area contributed by atoms with Gasteiger partial charge in [0.15, 0.2) is 0 Å². The SMILES string of the molecule is COC(=O)[C@H]1CC[C@H](NC(=O)C=Cc2cn(C3CCNCC3)cn2)CC1.Cl.Cl. The van der Waals surface area contributed by atoms with Crippen molar-refractivity contribution < 1.29 is 14.3 Å². The van der Waals surface area contributed by atoms with Crippen molar-refractivity contribution in [2.75, 3.05) is 20.2 Å². The number of hydrogen-bond acceptors (Lipinski definition) is 5. The molecular formula is C19H30Cl2N4O3. The van der Waals surface area contributed by atoms with Gasteiger partial charge >= 0.3 is 5.97 Å². The molecule has 2 N–H and O–H groups in total. The molecule has 9 heteroatoms. The van der Waals surface area contributed by atoms with E-state index in [1.807, 2.05) is 12.5 Å². The number of hydrogen-bond donors (Lipinski definition) is 2. The number of halogens is 2. The first-order valence-corrected chi connectivity index (χ1v) is 9.46. The molecule has 1 aliphatic heterocycles. The number of piperidine rings is 1. The van der Waals surface area contributed by atoms with Crippen LogP contribution < -0.4 is 10.6 Å². The van der Waals surface area contributed by atoms with E-state index in [0.29, 0.717) is 6.04 Å². The smallest absolute Gasteiger partial charge is 0.308 e. The Kier molecular flexibility index (Phi) is 10.6. The second kappa shape index (κ2) is 12.1. The largest absolute Gasteiger partial charge is 0.469 e. The average molecular weight is 433 g/mol. The summed E-state index contributed by atoms with van der Waals surface area (Å²) in [5.74, 6) is -0.274. The van der Waals surface area contributed by atoms with E-state index in [1.54, 1.807) is 12.2 Å². The molecule has 1 saturated heterocycles. The van der Waals surface area contributed by atoms with E-state index >= 15 is 0 Å². The van der Waals surface area contributed by atoms with Crippen molar-refractivity contribution in [1.82, 2.24) is 20.2 Å². The topological polar surface area (TPSA) is 85.2 Å². The van der Waals surface area contributed by atoms with E-state index in [0.717, 1.165) is 57.3 Å². The second-order valence-corrected chi connectivity index (χ2v) is 7.14. The van der Waals surface area contributed by atoms with Crippen LogP contribution in [-0.2, 0) is 14.3 Å². The van der Waals surface area contributed by atoms with Crippen molar-refractivity contribution in [1.29, 1.82) is 0 Å². The van der Waals surface area contributed by atoms with Crippen LogP contribution in [0, 0.1) is 5.92 Å². The van der Waals surface area contributed by atoms with Gasteiger partial charge in [-0.25, -0.2) is 4.98 Å². The minimum absolute atomic E-state index is 0. The Hall–Kier alpha value is -1.57. The Morgan fingerprint density at radius 2 is 1.86 bits per heavy atom. The lowest BCUT2D eigenvalue weighted by molar-refractivity contribution is -0.146. The number of methoxy groups -OCH3 is 1. The fraction of sp³-hybridized carbons (Fsp3) is 0.632. The molecule has 2 heterocycles. The first kappa shape index (κ1) is 24.5. The van der Waals surface area contributed by atoms with Crippen LogP contribution in [0.1, 0.15) is 50.3 Å². The van der Waals surface area contributed by atoms with E-state index in [1.165, 1.54) is 7.11 Å². The minimum Gasteiger partial charge on any atom is -0.469 e. The van der Waals surface area contributed by atoms with Crippen molar-refractivity contribution in [3.63, 3.8) is 0 Å². The Balaban J connectivity index is 0.00000196. The predicted molar refractivity (Wildman–Crippen MR) is 113 cm³/mol. The molecule has 0 bridgehead atoms. The average Bonchev–Trinajstić information content (AvgIpc) is 3.16. The van der Waals surface area contributed by atoms with Gasteiger partial charge in [-0.1, -0.05) is 0 Å². The maximum absolute atomic E-state index is 12.1. The summed E-state index contributed by atoms with van der Waals surface area (Å²) in [6, 6.07) is 0.616. The van der Waals surface area contributed by atoms with Gasteiger partial charge in [-0.05, 0) is 57.7 Å². The number of carbonyl (C=O) groups is 2. The zero-order chi connectivity index (χ0) is 18.4. The molecule has 2 aliphatic rings. The second-order valence-electron chi connectivity index (χ2n) is 7.14. The van der Waals surface area contributed by atoms with E-state index in [4.69, 9.17) is 4.74 Å². The maximum Gasteiger partial charge on any atom is 0.308 e. The summed E-state index contributed by atoms with van der Waals surface area (Å²) in [7, 11) is 1.42. The van der Waals surface area contributed by atoms with Gasteiger partial charge < -0.3 is 19.9 Å². The first-order chi connectivity index (χ1) is 12.7. The standard InChI is InChI=1S/C19H28N4O3.2ClH/c1-26-19(25)14-2-4-15(5-3-14)22-18(24)7-6-16-12-23(13-21-16)17-8-10-20-11-9-17;;/h6-7,12-15,17,20H,2-5,8-11H2,1H3,(H,22,24);2*1H/t14-,15-;;. The zero-order valence-corrected chi connectivity index (χ0v) is 17.8. The normalized spacial score (nSPS) is 22.8. The van der Waals surface area contributed by atoms with Crippen molar-refractivity contribution in [3.8, 4) is 0 Å². The number of imidazole rings is 1. The summed E-state index contributed by atoms with van der Waals surface area (Å²) < 4.78 is 6.93. The van der Waals surface area contributed by atoms with Crippen LogP contribution in [0.3, 0.4) is 0 Å². The van der Waals surface area contributed by atoms with Gasteiger partial charge in [0.2, 0.25) is 5.91 Å². The van der Waals surface area contributed by atoms with Gasteiger partial charge in [0.05, 0.1) is 25.0 Å². The third kappa shape index (κ3) is 6.79. The highest BCUT2D eigenvalue weighted by Gasteiger charge is 2.27. The molecule has 0 aromatic carbocycles. The van der Waals surface area contributed by atoms with Crippen LogP contribution in [0.25, 0.3) is 6.08 Å². The highest BCUT2D eigenvalue weighted by Crippen LogP contribution is 2.25. The van der Waals surface area contributed by atoms with Gasteiger partial charge in [-0.2, -0.15) is 0 Å². The van der Waals surface area contributed by atoms with E-state index in [-0.39, 0.29) is 48.7 Å². The van der Waals surface area contributed by atoms with E-state index in [9.17, 15) is 9.59 Å². The Morgan fingerprint density at radius 1 is 1.18 bits per heavy atom. The number of amides is 1. The van der Waals surface area contributed by atoms with Crippen LogP contribution in [0.15, 0.2) is 18.6 Å². The van der Waals surface area contributed by atoms with Crippen molar-refractivity contribution in [2.45, 2.75) is 50.6 Å². The molecule has 1 aromatic rings. The third-order valence-corrected chi connectivity index (χ3v) is 5.37. The lowest BCUT2D eigenvalue weighted by atomic mass is 9.86. The summed E-state index contributed by atoms with van der Waals surface area (Å²) in [6.45, 7) is 2.07. The minimum atomic E-state index is -0.140. The quantitative estimate of drug-likeness (QED) is 0.551. The molecule has 7 nitrogen and oxygen atoms in total. The van der Waals surface area contributed by atoms with Crippen LogP contribution in [-0.4, -0.2) is 47.7 Å². The van der Waals surface area contributed by atoms with Crippen LogP contribution in [0.2, 0.25) is 0 Å². The Bertz CT molecular complexity index is 651. The molecule has 1 saturated carbocycles. The summed E-state index contributed by atoms with van der Waals surface area (Å²) in [5.41, 5.74) is 0.799. The predicted octanol–water partition coefficient (Wildman–Crippen LogP) is 2.51. The molecule has 0 unspecified atom stereocenters. The number of carbonyl (C=O) groups excluding carboxylic acids is 2. The number of nitrogens with one attached hydrogen (secondary N) is 2. The highest BCUT2D eigenvalue weighted by molar-refractivity contribution is 5.91. The molecular weight excluding hydrogens is 403 g/mol. The molecule has 0 atom stereocenters. The van der Waals surface area contributed by atoms with Gasteiger partial charge in [0.25, 0.3) is 0 Å². The van der Waals surface area contributed by atoms with Crippen LogP contribution in [0.5, 0.6) is 0 Å². The molecule has 1 aliphatic carbocycles. The fourth-order valence-electron chi connectivity index (χ4n) is 3.79. The van der Waals surface area contributed by atoms with Crippen molar-refractivity contribution in [3.05, 3.63) is 24.3 Å².